The van der Waals surface area contributed by atoms with E-state index in [1.165, 1.54) is 11.3 Å². The summed E-state index contributed by atoms with van der Waals surface area (Å²) in [6, 6.07) is 7.45. The lowest BCUT2D eigenvalue weighted by atomic mass is 10.2. The minimum atomic E-state index is -0.0837. The van der Waals surface area contributed by atoms with Crippen LogP contribution in [0.4, 0.5) is 0 Å². The van der Waals surface area contributed by atoms with Gasteiger partial charge in [-0.05, 0) is 39.7 Å². The first-order valence-corrected chi connectivity index (χ1v) is 7.30. The first kappa shape index (κ1) is 12.5. The van der Waals surface area contributed by atoms with Crippen LogP contribution in [0.15, 0.2) is 33.4 Å². The van der Waals surface area contributed by atoms with Gasteiger partial charge < -0.3 is 14.8 Å². The van der Waals surface area contributed by atoms with Crippen LogP contribution in [0.1, 0.15) is 15.9 Å². The molecule has 1 aromatic carbocycles. The molecule has 0 saturated carbocycles. The molecule has 4 nitrogen and oxygen atoms in total. The molecule has 2 aromatic rings. The van der Waals surface area contributed by atoms with Crippen molar-refractivity contribution >= 4 is 33.2 Å². The molecule has 0 bridgehead atoms. The average molecular weight is 340 g/mol. The van der Waals surface area contributed by atoms with Crippen LogP contribution in [0.5, 0.6) is 11.5 Å². The first-order chi connectivity index (χ1) is 9.22. The Balaban J connectivity index is 1.64. The number of rotatable bonds is 3. The van der Waals surface area contributed by atoms with Crippen molar-refractivity contribution < 1.29 is 14.3 Å². The summed E-state index contributed by atoms with van der Waals surface area (Å²) in [5.41, 5.74) is 1.64. The third-order valence-corrected chi connectivity index (χ3v) is 4.22. The van der Waals surface area contributed by atoms with Gasteiger partial charge in [0.25, 0.3) is 5.91 Å². The molecule has 1 N–H and O–H groups in total. The van der Waals surface area contributed by atoms with Gasteiger partial charge in [-0.15, -0.1) is 11.3 Å². The van der Waals surface area contributed by atoms with Gasteiger partial charge in [0.1, 0.15) is 0 Å². The molecule has 3 rings (SSSR count). The quantitative estimate of drug-likeness (QED) is 0.934. The van der Waals surface area contributed by atoms with E-state index in [4.69, 9.17) is 9.47 Å². The topological polar surface area (TPSA) is 47.6 Å². The second-order valence-electron chi connectivity index (χ2n) is 4.01. The Kier molecular flexibility index (Phi) is 3.44. The van der Waals surface area contributed by atoms with Gasteiger partial charge in [0, 0.05) is 11.9 Å². The Hall–Kier alpha value is -1.53. The van der Waals surface area contributed by atoms with Gasteiger partial charge in [0.15, 0.2) is 11.5 Å². The highest BCUT2D eigenvalue weighted by Crippen LogP contribution is 2.32. The second kappa shape index (κ2) is 5.22. The predicted octanol–water partition coefficient (Wildman–Crippen LogP) is 3.17. The van der Waals surface area contributed by atoms with Crippen LogP contribution in [0.3, 0.4) is 0 Å². The summed E-state index contributed by atoms with van der Waals surface area (Å²) in [5.74, 6) is 1.39. The molecule has 1 aromatic heterocycles. The number of thiophene rings is 1. The molecule has 1 amide bonds. The molecule has 0 unspecified atom stereocenters. The van der Waals surface area contributed by atoms with Gasteiger partial charge in [-0.1, -0.05) is 6.07 Å². The first-order valence-electron chi connectivity index (χ1n) is 5.63. The molecule has 1 aliphatic heterocycles. The summed E-state index contributed by atoms with van der Waals surface area (Å²) in [4.78, 5) is 11.9. The van der Waals surface area contributed by atoms with Crippen LogP contribution in [-0.2, 0) is 6.54 Å². The highest BCUT2D eigenvalue weighted by Gasteiger charge is 2.13. The molecule has 0 fully saturated rings. The SMILES string of the molecule is O=C(NCc1ccc2c(c1)OCO2)c1csc(Br)c1. The summed E-state index contributed by atoms with van der Waals surface area (Å²) in [6.07, 6.45) is 0. The van der Waals surface area contributed by atoms with Gasteiger partial charge in [-0.2, -0.15) is 0 Å². The number of carbonyl (C=O) groups excluding carboxylic acids is 1. The molecule has 2 heterocycles. The maximum absolute atomic E-state index is 11.9. The van der Waals surface area contributed by atoms with Crippen molar-refractivity contribution in [1.82, 2.24) is 5.32 Å². The van der Waals surface area contributed by atoms with Crippen LogP contribution in [-0.4, -0.2) is 12.7 Å². The Labute approximate surface area is 122 Å². The van der Waals surface area contributed by atoms with Crippen molar-refractivity contribution in [3.05, 3.63) is 44.6 Å². The van der Waals surface area contributed by atoms with Crippen molar-refractivity contribution in [3.8, 4) is 11.5 Å². The molecular formula is C13H10BrNO3S. The number of fused-ring (bicyclic) bond motifs is 1. The Bertz CT molecular complexity index is 626. The molecule has 6 heteroatoms. The van der Waals surface area contributed by atoms with Crippen LogP contribution < -0.4 is 14.8 Å². The molecule has 0 saturated heterocycles. The highest BCUT2D eigenvalue weighted by atomic mass is 79.9. The number of hydrogen-bond donors (Lipinski definition) is 1. The lowest BCUT2D eigenvalue weighted by molar-refractivity contribution is 0.0951. The lowest BCUT2D eigenvalue weighted by Crippen LogP contribution is -2.22. The highest BCUT2D eigenvalue weighted by molar-refractivity contribution is 9.11. The number of amides is 1. The molecule has 0 spiro atoms. The van der Waals surface area contributed by atoms with E-state index in [9.17, 15) is 4.79 Å². The van der Waals surface area contributed by atoms with Crippen LogP contribution in [0.2, 0.25) is 0 Å². The van der Waals surface area contributed by atoms with Crippen LogP contribution in [0, 0.1) is 0 Å². The molecule has 1 aliphatic rings. The van der Waals surface area contributed by atoms with E-state index in [-0.39, 0.29) is 12.7 Å². The number of ether oxygens (including phenoxy) is 2. The van der Waals surface area contributed by atoms with Crippen LogP contribution in [0.25, 0.3) is 0 Å². The number of halogens is 1. The summed E-state index contributed by atoms with van der Waals surface area (Å²) in [7, 11) is 0. The summed E-state index contributed by atoms with van der Waals surface area (Å²) < 4.78 is 11.5. The minimum Gasteiger partial charge on any atom is -0.454 e. The van der Waals surface area contributed by atoms with E-state index in [2.05, 4.69) is 21.2 Å². The van der Waals surface area contributed by atoms with Crippen molar-refractivity contribution in [2.75, 3.05) is 6.79 Å². The third-order valence-electron chi connectivity index (χ3n) is 2.72. The minimum absolute atomic E-state index is 0.0837. The average Bonchev–Trinajstić information content (AvgIpc) is 3.03. The summed E-state index contributed by atoms with van der Waals surface area (Å²) in [5, 5.41) is 4.69. The van der Waals surface area contributed by atoms with Gasteiger partial charge in [0.2, 0.25) is 6.79 Å². The molecule has 19 heavy (non-hydrogen) atoms. The molecule has 0 radical (unpaired) electrons. The van der Waals surface area contributed by atoms with Crippen molar-refractivity contribution in [2.24, 2.45) is 0 Å². The standard InChI is InChI=1S/C13H10BrNO3S/c14-12-4-9(6-19-12)13(16)15-5-8-1-2-10-11(3-8)18-7-17-10/h1-4,6H,5,7H2,(H,15,16). The zero-order valence-electron chi connectivity index (χ0n) is 9.81. The van der Waals surface area contributed by atoms with E-state index in [1.807, 2.05) is 23.6 Å². The van der Waals surface area contributed by atoms with E-state index in [0.717, 1.165) is 20.8 Å². The Morgan fingerprint density at radius 1 is 1.32 bits per heavy atom. The number of carbonyl (C=O) groups is 1. The van der Waals surface area contributed by atoms with Crippen molar-refractivity contribution in [2.45, 2.75) is 6.54 Å². The smallest absolute Gasteiger partial charge is 0.252 e. The number of nitrogens with one attached hydrogen (secondary N) is 1. The number of benzene rings is 1. The Morgan fingerprint density at radius 2 is 2.16 bits per heavy atom. The molecule has 98 valence electrons. The second-order valence-corrected chi connectivity index (χ2v) is 6.30. The van der Waals surface area contributed by atoms with Crippen molar-refractivity contribution in [3.63, 3.8) is 0 Å². The predicted molar refractivity (Wildman–Crippen MR) is 75.8 cm³/mol. The fourth-order valence-corrected chi connectivity index (χ4v) is 2.90. The van der Waals surface area contributed by atoms with E-state index < -0.39 is 0 Å². The maximum atomic E-state index is 11.9. The summed E-state index contributed by atoms with van der Waals surface area (Å²) >= 11 is 4.83. The molecular weight excluding hydrogens is 330 g/mol. The number of hydrogen-bond acceptors (Lipinski definition) is 4. The summed E-state index contributed by atoms with van der Waals surface area (Å²) in [6.45, 7) is 0.719. The van der Waals surface area contributed by atoms with Gasteiger partial charge in [0.05, 0.1) is 9.35 Å². The lowest BCUT2D eigenvalue weighted by Gasteiger charge is -2.05. The Morgan fingerprint density at radius 3 is 2.95 bits per heavy atom. The van der Waals surface area contributed by atoms with Gasteiger partial charge in [-0.3, -0.25) is 4.79 Å². The third kappa shape index (κ3) is 2.74. The molecule has 0 atom stereocenters. The fraction of sp³-hybridized carbons (Fsp3) is 0.154. The fourth-order valence-electron chi connectivity index (χ4n) is 1.76. The van der Waals surface area contributed by atoms with Gasteiger partial charge in [-0.25, -0.2) is 0 Å². The zero-order chi connectivity index (χ0) is 13.2. The molecule has 0 aliphatic carbocycles. The maximum Gasteiger partial charge on any atom is 0.252 e. The van der Waals surface area contributed by atoms with Crippen molar-refractivity contribution in [1.29, 1.82) is 0 Å². The normalized spacial score (nSPS) is 12.5. The van der Waals surface area contributed by atoms with Gasteiger partial charge >= 0.3 is 0 Å². The monoisotopic (exact) mass is 339 g/mol. The largest absolute Gasteiger partial charge is 0.454 e. The van der Waals surface area contributed by atoms with E-state index in [1.54, 1.807) is 6.07 Å². The van der Waals surface area contributed by atoms with Crippen LogP contribution >= 0.6 is 27.3 Å². The van der Waals surface area contributed by atoms with E-state index in [0.29, 0.717) is 12.1 Å². The zero-order valence-corrected chi connectivity index (χ0v) is 12.2. The van der Waals surface area contributed by atoms with E-state index >= 15 is 0 Å².